The van der Waals surface area contributed by atoms with Crippen molar-refractivity contribution in [3.63, 3.8) is 0 Å². The predicted octanol–water partition coefficient (Wildman–Crippen LogP) is 2.89. The highest BCUT2D eigenvalue weighted by molar-refractivity contribution is 5.96. The number of pyridine rings is 2. The van der Waals surface area contributed by atoms with Crippen molar-refractivity contribution in [2.24, 2.45) is 0 Å². The van der Waals surface area contributed by atoms with Crippen LogP contribution in [0.15, 0.2) is 41.5 Å². The van der Waals surface area contributed by atoms with Crippen LogP contribution in [-0.4, -0.2) is 75.7 Å². The van der Waals surface area contributed by atoms with Gasteiger partial charge in [0.1, 0.15) is 23.1 Å². The number of carbonyl (C=O) groups is 3. The molecule has 0 aromatic carbocycles. The van der Waals surface area contributed by atoms with Gasteiger partial charge in [0.2, 0.25) is 11.8 Å². The van der Waals surface area contributed by atoms with Crippen LogP contribution < -0.4 is 16.2 Å². The molecule has 1 atom stereocenters. The van der Waals surface area contributed by atoms with Gasteiger partial charge in [0.25, 0.3) is 5.56 Å². The Morgan fingerprint density at radius 2 is 2.00 bits per heavy atom. The average molecular weight is 596 g/mol. The van der Waals surface area contributed by atoms with Crippen LogP contribution in [0, 0.1) is 5.82 Å². The minimum absolute atomic E-state index is 0.00943. The van der Waals surface area contributed by atoms with Gasteiger partial charge >= 0.3 is 12.3 Å². The molecule has 0 aliphatic rings. The van der Waals surface area contributed by atoms with Crippen LogP contribution in [0.4, 0.5) is 28.0 Å². The molecule has 3 N–H and O–H groups in total. The van der Waals surface area contributed by atoms with E-state index in [1.165, 1.54) is 35.4 Å². The average Bonchev–Trinajstić information content (AvgIpc) is 3.36. The number of ether oxygens (including phenoxy) is 1. The third kappa shape index (κ3) is 8.62. The smallest absolute Gasteiger partial charge is 0.407 e. The Balaban J connectivity index is 1.78. The zero-order chi connectivity index (χ0) is 31.0. The summed E-state index contributed by atoms with van der Waals surface area (Å²) >= 11 is 0. The van der Waals surface area contributed by atoms with E-state index in [4.69, 9.17) is 0 Å². The van der Waals surface area contributed by atoms with Gasteiger partial charge < -0.3 is 29.8 Å². The van der Waals surface area contributed by atoms with Crippen molar-refractivity contribution in [3.8, 4) is 0 Å². The number of hydrogen-bond donors (Lipinski definition) is 3. The number of alkyl halides is 3. The molecule has 0 radical (unpaired) electrons. The lowest BCUT2D eigenvalue weighted by atomic mass is 10.1. The number of rotatable bonds is 11. The minimum Gasteiger partial charge on any atom is -0.453 e. The summed E-state index contributed by atoms with van der Waals surface area (Å²) in [6, 6.07) is 1.67. The van der Waals surface area contributed by atoms with E-state index in [9.17, 15) is 36.7 Å². The summed E-state index contributed by atoms with van der Waals surface area (Å²) in [5.74, 6) is -1.77. The van der Waals surface area contributed by atoms with Gasteiger partial charge in [-0.1, -0.05) is 6.08 Å². The number of nitrogens with one attached hydrogen (secondary N) is 3. The second-order valence-corrected chi connectivity index (χ2v) is 9.32. The van der Waals surface area contributed by atoms with Crippen LogP contribution in [-0.2, 0) is 27.3 Å². The van der Waals surface area contributed by atoms with E-state index in [0.29, 0.717) is 0 Å². The first kappa shape index (κ1) is 31.8. The van der Waals surface area contributed by atoms with Crippen LogP contribution in [0.25, 0.3) is 11.0 Å². The van der Waals surface area contributed by atoms with Gasteiger partial charge in [-0.15, -0.1) is 0 Å². The lowest BCUT2D eigenvalue weighted by molar-refractivity contribution is -0.134. The van der Waals surface area contributed by atoms with E-state index < -0.39 is 48.4 Å². The molecule has 3 heterocycles. The maximum Gasteiger partial charge on any atom is 0.407 e. The number of nitrogens with zero attached hydrogens (tertiary/aromatic N) is 4. The number of hydrogen-bond acceptors (Lipinski definition) is 7. The number of amides is 3. The predicted molar refractivity (Wildman–Crippen MR) is 143 cm³/mol. The van der Waals surface area contributed by atoms with Crippen molar-refractivity contribution in [2.75, 3.05) is 26.5 Å². The second-order valence-electron chi connectivity index (χ2n) is 9.32. The fourth-order valence-electron chi connectivity index (χ4n) is 3.79. The van der Waals surface area contributed by atoms with Gasteiger partial charge in [-0.05, 0) is 31.1 Å². The molecular weight excluding hydrogens is 566 g/mol. The maximum atomic E-state index is 14.3. The second kappa shape index (κ2) is 13.7. The van der Waals surface area contributed by atoms with Gasteiger partial charge in [0.05, 0.1) is 31.1 Å². The first-order valence-corrected chi connectivity index (χ1v) is 12.6. The van der Waals surface area contributed by atoms with Crippen LogP contribution in [0.3, 0.4) is 0 Å². The lowest BCUT2D eigenvalue weighted by Gasteiger charge is -2.17. The fraction of sp³-hybridized carbons (Fsp3) is 0.385. The minimum atomic E-state index is -4.43. The SMILES string of the molecule is COC(=O)NC(CC/C=C/C(=O)N(C)C)C(=O)Nc1cccn(Cc2nc3c(F)cnc(CCC(F)(F)F)c3[nH]2)c1=O. The highest BCUT2D eigenvalue weighted by atomic mass is 19.4. The van der Waals surface area contributed by atoms with E-state index in [1.54, 1.807) is 14.1 Å². The normalized spacial score (nSPS) is 12.4. The molecule has 3 rings (SSSR count). The highest BCUT2D eigenvalue weighted by Gasteiger charge is 2.28. The molecule has 3 amide bonds. The van der Waals surface area contributed by atoms with Crippen LogP contribution in [0.5, 0.6) is 0 Å². The molecule has 16 heteroatoms. The summed E-state index contributed by atoms with van der Waals surface area (Å²) in [6.45, 7) is -0.232. The lowest BCUT2D eigenvalue weighted by Crippen LogP contribution is -2.44. The summed E-state index contributed by atoms with van der Waals surface area (Å²) in [5.41, 5.74) is -1.07. The summed E-state index contributed by atoms with van der Waals surface area (Å²) in [7, 11) is 4.27. The van der Waals surface area contributed by atoms with E-state index in [1.807, 2.05) is 0 Å². The van der Waals surface area contributed by atoms with Crippen molar-refractivity contribution in [3.05, 3.63) is 64.4 Å². The number of carbonyl (C=O) groups excluding carboxylic acids is 3. The topological polar surface area (TPSA) is 151 Å². The molecule has 0 saturated heterocycles. The zero-order valence-corrected chi connectivity index (χ0v) is 22.9. The largest absolute Gasteiger partial charge is 0.453 e. The Bertz CT molecular complexity index is 1530. The number of H-pyrrole nitrogens is 1. The molecule has 3 aromatic heterocycles. The number of methoxy groups -OCH3 is 1. The Labute approximate surface area is 236 Å². The van der Waals surface area contributed by atoms with Gasteiger partial charge in [-0.25, -0.2) is 14.2 Å². The summed E-state index contributed by atoms with van der Waals surface area (Å²) in [6.07, 6.45) is -1.63. The Kier molecular flexibility index (Phi) is 10.4. The van der Waals surface area contributed by atoms with Crippen LogP contribution in [0.1, 0.15) is 30.8 Å². The standard InChI is InChI=1S/C26H29F4N7O5/c1-36(2)20(38)9-5-4-7-17(33-25(41)42-3)23(39)32-18-8-6-12-37(24(18)40)14-19-34-21-15(27)13-31-16(22(21)35-19)10-11-26(28,29)30/h5-6,8-9,12-13,17H,4,7,10-11,14H2,1-3H3,(H,32,39)(H,33,41)(H,34,35)/b9-5+. The Hall–Kier alpha value is -4.76. The van der Waals surface area contributed by atoms with Crippen LogP contribution in [0.2, 0.25) is 0 Å². The number of anilines is 1. The van der Waals surface area contributed by atoms with Gasteiger partial charge in [-0.3, -0.25) is 19.4 Å². The quantitative estimate of drug-likeness (QED) is 0.228. The Morgan fingerprint density at radius 3 is 2.67 bits per heavy atom. The number of aryl methyl sites for hydroxylation is 1. The third-order valence-corrected chi connectivity index (χ3v) is 5.96. The first-order valence-electron chi connectivity index (χ1n) is 12.6. The van der Waals surface area contributed by atoms with Crippen molar-refractivity contribution in [1.29, 1.82) is 0 Å². The monoisotopic (exact) mass is 595 g/mol. The zero-order valence-electron chi connectivity index (χ0n) is 22.9. The molecule has 0 spiro atoms. The Morgan fingerprint density at radius 1 is 1.26 bits per heavy atom. The molecule has 42 heavy (non-hydrogen) atoms. The molecule has 0 bridgehead atoms. The molecule has 0 aliphatic carbocycles. The molecule has 0 aliphatic heterocycles. The number of imidazole rings is 1. The molecule has 12 nitrogen and oxygen atoms in total. The summed E-state index contributed by atoms with van der Waals surface area (Å²) in [4.78, 5) is 61.5. The summed E-state index contributed by atoms with van der Waals surface area (Å²) in [5, 5.41) is 4.84. The number of halogens is 4. The van der Waals surface area contributed by atoms with Crippen molar-refractivity contribution >= 4 is 34.6 Å². The summed E-state index contributed by atoms with van der Waals surface area (Å²) < 4.78 is 58.2. The number of likely N-dealkylation sites (N-methyl/N-ethyl adjacent to an activating group) is 1. The van der Waals surface area contributed by atoms with Crippen molar-refractivity contribution in [1.82, 2.24) is 29.7 Å². The van der Waals surface area contributed by atoms with E-state index >= 15 is 0 Å². The van der Waals surface area contributed by atoms with Gasteiger partial charge in [-0.2, -0.15) is 13.2 Å². The van der Waals surface area contributed by atoms with Crippen molar-refractivity contribution in [2.45, 2.75) is 44.4 Å². The molecule has 1 unspecified atom stereocenters. The van der Waals surface area contributed by atoms with E-state index in [0.717, 1.165) is 17.9 Å². The maximum absolute atomic E-state index is 14.3. The highest BCUT2D eigenvalue weighted by Crippen LogP contribution is 2.25. The number of aromatic amines is 1. The van der Waals surface area contributed by atoms with Crippen molar-refractivity contribution < 1.29 is 36.7 Å². The first-order chi connectivity index (χ1) is 19.8. The van der Waals surface area contributed by atoms with Crippen LogP contribution >= 0.6 is 0 Å². The van der Waals surface area contributed by atoms with E-state index in [2.05, 4.69) is 30.3 Å². The molecule has 3 aromatic rings. The van der Waals surface area contributed by atoms with Gasteiger partial charge in [0.15, 0.2) is 5.82 Å². The third-order valence-electron chi connectivity index (χ3n) is 5.96. The molecular formula is C26H29F4N7O5. The molecule has 0 fully saturated rings. The number of fused-ring (bicyclic) bond motifs is 1. The number of allylic oxidation sites excluding steroid dienone is 1. The number of alkyl carbamates (subject to hydrolysis) is 1. The van der Waals surface area contributed by atoms with Gasteiger partial charge in [0, 0.05) is 33.1 Å². The van der Waals surface area contributed by atoms with E-state index in [-0.39, 0.29) is 53.5 Å². The number of aromatic nitrogens is 4. The molecule has 226 valence electrons. The fourth-order valence-corrected chi connectivity index (χ4v) is 3.79. The molecule has 0 saturated carbocycles.